The lowest BCUT2D eigenvalue weighted by atomic mass is 10.1. The highest BCUT2D eigenvalue weighted by Crippen LogP contribution is 2.09. The van der Waals surface area contributed by atoms with Crippen LogP contribution in [0, 0.1) is 5.92 Å². The van der Waals surface area contributed by atoms with Gasteiger partial charge in [0.2, 0.25) is 0 Å². The van der Waals surface area contributed by atoms with E-state index in [0.29, 0.717) is 12.5 Å². The van der Waals surface area contributed by atoms with Crippen molar-refractivity contribution in [1.29, 1.82) is 0 Å². The Labute approximate surface area is 100 Å². The Morgan fingerprint density at radius 2 is 2.00 bits per heavy atom. The molecule has 1 rings (SSSR count). The summed E-state index contributed by atoms with van der Waals surface area (Å²) < 4.78 is 2.78. The number of aromatic nitrogens is 2. The van der Waals surface area contributed by atoms with Gasteiger partial charge in [0.25, 0.3) is 0 Å². The topological polar surface area (TPSA) is 44.0 Å². The van der Waals surface area contributed by atoms with Gasteiger partial charge in [0.05, 0.1) is 0 Å². The number of thiol groups is 1. The van der Waals surface area contributed by atoms with Gasteiger partial charge in [-0.1, -0.05) is 13.3 Å². The molecule has 5 heteroatoms. The summed E-state index contributed by atoms with van der Waals surface area (Å²) in [5.41, 5.74) is -0.926. The lowest BCUT2D eigenvalue weighted by Crippen LogP contribution is -2.40. The van der Waals surface area contributed by atoms with E-state index in [2.05, 4.69) is 19.6 Å². The summed E-state index contributed by atoms with van der Waals surface area (Å²) in [5.74, 6) is 1.08. The fourth-order valence-electron chi connectivity index (χ4n) is 1.66. The van der Waals surface area contributed by atoms with Crippen molar-refractivity contribution in [2.45, 2.75) is 26.3 Å². The zero-order valence-electron chi connectivity index (χ0n) is 9.72. The molecule has 0 aliphatic heterocycles. The fraction of sp³-hybridized carbons (Fsp3) is 0.636. The second-order valence-electron chi connectivity index (χ2n) is 4.01. The Bertz CT molecular complexity index is 450. The third-order valence-corrected chi connectivity index (χ3v) is 3.16. The van der Waals surface area contributed by atoms with Crippen molar-refractivity contribution < 1.29 is 0 Å². The molecule has 0 amide bonds. The van der Waals surface area contributed by atoms with Gasteiger partial charge in [0, 0.05) is 26.0 Å². The molecule has 0 radical (unpaired) electrons. The highest BCUT2D eigenvalue weighted by Gasteiger charge is 2.09. The molecule has 4 nitrogen and oxygen atoms in total. The second kappa shape index (κ2) is 5.94. The number of aryl methyl sites for hydroxylation is 1. The maximum Gasteiger partial charge on any atom is 0.316 e. The molecule has 0 saturated carbocycles. The first-order valence-electron chi connectivity index (χ1n) is 5.47. The van der Waals surface area contributed by atoms with Crippen LogP contribution in [0.1, 0.15) is 19.8 Å². The highest BCUT2D eigenvalue weighted by molar-refractivity contribution is 7.80. The van der Waals surface area contributed by atoms with Crippen molar-refractivity contribution in [3.05, 3.63) is 33.1 Å². The zero-order valence-corrected chi connectivity index (χ0v) is 10.6. The highest BCUT2D eigenvalue weighted by atomic mass is 32.1. The van der Waals surface area contributed by atoms with Gasteiger partial charge >= 0.3 is 11.1 Å². The maximum absolute atomic E-state index is 11.6. The van der Waals surface area contributed by atoms with Gasteiger partial charge < -0.3 is 9.13 Å². The summed E-state index contributed by atoms with van der Waals surface area (Å²) in [6.45, 7) is 2.68. The molecule has 1 unspecified atom stereocenters. The van der Waals surface area contributed by atoms with Crippen LogP contribution in [0.5, 0.6) is 0 Å². The van der Waals surface area contributed by atoms with Crippen molar-refractivity contribution in [2.75, 3.05) is 5.75 Å². The SMILES string of the molecule is CCCC(CS)Cn1ccn(C)c(=O)c1=O. The Balaban J connectivity index is 2.93. The molecule has 0 aliphatic rings. The first kappa shape index (κ1) is 13.1. The van der Waals surface area contributed by atoms with Crippen molar-refractivity contribution in [2.24, 2.45) is 13.0 Å². The number of hydrogen-bond donors (Lipinski definition) is 1. The van der Waals surface area contributed by atoms with E-state index in [4.69, 9.17) is 0 Å². The van der Waals surface area contributed by atoms with Crippen LogP contribution in [0.25, 0.3) is 0 Å². The standard InChI is InChI=1S/C11H18N2O2S/c1-3-4-9(8-16)7-13-6-5-12(2)10(14)11(13)15/h5-6,9,16H,3-4,7-8H2,1-2H3. The van der Waals surface area contributed by atoms with E-state index in [1.165, 1.54) is 9.13 Å². The predicted molar refractivity (Wildman–Crippen MR) is 68.2 cm³/mol. The number of nitrogens with zero attached hydrogens (tertiary/aromatic N) is 2. The number of rotatable bonds is 5. The van der Waals surface area contributed by atoms with Crippen LogP contribution in [0.4, 0.5) is 0 Å². The summed E-state index contributed by atoms with van der Waals surface area (Å²) in [7, 11) is 1.58. The molecule has 1 heterocycles. The molecule has 0 fully saturated rings. The average molecular weight is 242 g/mol. The van der Waals surface area contributed by atoms with E-state index < -0.39 is 11.1 Å². The van der Waals surface area contributed by atoms with Crippen LogP contribution in [0.3, 0.4) is 0 Å². The molecule has 16 heavy (non-hydrogen) atoms. The van der Waals surface area contributed by atoms with Crippen LogP contribution >= 0.6 is 12.6 Å². The van der Waals surface area contributed by atoms with Crippen LogP contribution in [-0.4, -0.2) is 14.9 Å². The monoisotopic (exact) mass is 242 g/mol. The van der Waals surface area contributed by atoms with E-state index in [1.54, 1.807) is 19.4 Å². The lowest BCUT2D eigenvalue weighted by Gasteiger charge is -2.14. The predicted octanol–water partition coefficient (Wildman–Crippen LogP) is 0.893. The molecule has 0 aromatic carbocycles. The van der Waals surface area contributed by atoms with E-state index in [9.17, 15) is 9.59 Å². The van der Waals surface area contributed by atoms with E-state index in [0.717, 1.165) is 18.6 Å². The second-order valence-corrected chi connectivity index (χ2v) is 4.37. The van der Waals surface area contributed by atoms with E-state index in [-0.39, 0.29) is 0 Å². The van der Waals surface area contributed by atoms with Crippen molar-refractivity contribution in [1.82, 2.24) is 9.13 Å². The molecule has 1 aromatic heterocycles. The molecular formula is C11H18N2O2S. The molecule has 0 bridgehead atoms. The third-order valence-electron chi connectivity index (χ3n) is 2.64. The minimum atomic E-state index is -0.475. The summed E-state index contributed by atoms with van der Waals surface area (Å²) in [4.78, 5) is 23.1. The van der Waals surface area contributed by atoms with Crippen LogP contribution in [0.15, 0.2) is 22.0 Å². The van der Waals surface area contributed by atoms with Gasteiger partial charge in [-0.2, -0.15) is 12.6 Å². The Morgan fingerprint density at radius 1 is 1.31 bits per heavy atom. The minimum absolute atomic E-state index is 0.345. The quantitative estimate of drug-likeness (QED) is 0.615. The van der Waals surface area contributed by atoms with Crippen LogP contribution < -0.4 is 11.1 Å². The normalized spacial score (nSPS) is 12.7. The lowest BCUT2D eigenvalue weighted by molar-refractivity contribution is 0.441. The first-order chi connectivity index (χ1) is 7.60. The average Bonchev–Trinajstić information content (AvgIpc) is 2.29. The Kier molecular flexibility index (Phi) is 4.86. The summed E-state index contributed by atoms with van der Waals surface area (Å²) >= 11 is 4.26. The zero-order chi connectivity index (χ0) is 12.1. The van der Waals surface area contributed by atoms with Gasteiger partial charge in [-0.05, 0) is 18.1 Å². The van der Waals surface area contributed by atoms with E-state index >= 15 is 0 Å². The molecule has 0 aliphatic carbocycles. The van der Waals surface area contributed by atoms with Crippen LogP contribution in [-0.2, 0) is 13.6 Å². The van der Waals surface area contributed by atoms with Gasteiger partial charge in [-0.15, -0.1) is 0 Å². The Morgan fingerprint density at radius 3 is 2.56 bits per heavy atom. The van der Waals surface area contributed by atoms with Crippen molar-refractivity contribution >= 4 is 12.6 Å². The van der Waals surface area contributed by atoms with Crippen molar-refractivity contribution in [3.63, 3.8) is 0 Å². The molecule has 1 atom stereocenters. The molecule has 0 N–H and O–H groups in total. The fourth-order valence-corrected chi connectivity index (χ4v) is 1.96. The van der Waals surface area contributed by atoms with Crippen LogP contribution in [0.2, 0.25) is 0 Å². The largest absolute Gasteiger partial charge is 0.316 e. The summed E-state index contributed by atoms with van der Waals surface area (Å²) in [6, 6.07) is 0. The van der Waals surface area contributed by atoms with Gasteiger partial charge in [0.1, 0.15) is 0 Å². The van der Waals surface area contributed by atoms with Gasteiger partial charge in [-0.3, -0.25) is 9.59 Å². The smallest absolute Gasteiger partial charge is 0.312 e. The van der Waals surface area contributed by atoms with Gasteiger partial charge in [0.15, 0.2) is 0 Å². The molecular weight excluding hydrogens is 224 g/mol. The maximum atomic E-state index is 11.6. The van der Waals surface area contributed by atoms with E-state index in [1.807, 2.05) is 0 Å². The summed E-state index contributed by atoms with van der Waals surface area (Å²) in [6.07, 6.45) is 5.36. The third kappa shape index (κ3) is 3.01. The first-order valence-corrected chi connectivity index (χ1v) is 6.10. The minimum Gasteiger partial charge on any atom is -0.312 e. The molecule has 0 saturated heterocycles. The van der Waals surface area contributed by atoms with Gasteiger partial charge in [-0.25, -0.2) is 0 Å². The Hall–Kier alpha value is -0.970. The number of hydrogen-bond acceptors (Lipinski definition) is 3. The molecule has 1 aromatic rings. The summed E-state index contributed by atoms with van der Waals surface area (Å²) in [5, 5.41) is 0. The molecule has 90 valence electrons. The molecule has 0 spiro atoms. The van der Waals surface area contributed by atoms with Crippen molar-refractivity contribution in [3.8, 4) is 0 Å².